The Labute approximate surface area is 150 Å². The van der Waals surface area contributed by atoms with Crippen LogP contribution < -0.4 is 10.6 Å². The SMILES string of the molecule is Clc1cccc(CCNc2nccc(Nc3ccccc3Cl)n2)c1. The molecule has 122 valence electrons. The van der Waals surface area contributed by atoms with Gasteiger partial charge in [0.25, 0.3) is 0 Å². The molecule has 6 heteroatoms. The first-order valence-corrected chi connectivity index (χ1v) is 8.29. The van der Waals surface area contributed by atoms with Crippen LogP contribution in [0.25, 0.3) is 0 Å². The van der Waals surface area contributed by atoms with E-state index in [1.807, 2.05) is 48.5 Å². The number of nitrogens with zero attached hydrogens (tertiary/aromatic N) is 2. The minimum absolute atomic E-state index is 0.564. The zero-order valence-electron chi connectivity index (χ0n) is 12.8. The summed E-state index contributed by atoms with van der Waals surface area (Å²) in [5, 5.41) is 7.79. The zero-order valence-corrected chi connectivity index (χ0v) is 14.3. The molecule has 0 unspecified atom stereocenters. The molecule has 0 atom stereocenters. The molecule has 0 aliphatic rings. The van der Waals surface area contributed by atoms with Gasteiger partial charge < -0.3 is 10.6 Å². The summed E-state index contributed by atoms with van der Waals surface area (Å²) >= 11 is 12.1. The molecule has 0 fully saturated rings. The second-order valence-corrected chi connectivity index (χ2v) is 6.02. The molecule has 3 aromatic rings. The monoisotopic (exact) mass is 358 g/mol. The lowest BCUT2D eigenvalue weighted by molar-refractivity contribution is 0.985. The van der Waals surface area contributed by atoms with Gasteiger partial charge in [0.1, 0.15) is 5.82 Å². The lowest BCUT2D eigenvalue weighted by atomic mass is 10.1. The number of para-hydroxylation sites is 1. The first kappa shape index (κ1) is 16.6. The standard InChI is InChI=1S/C18H16Cl2N4/c19-14-5-3-4-13(12-14)8-10-21-18-22-11-9-17(24-18)23-16-7-2-1-6-15(16)20/h1-7,9,11-12H,8,10H2,(H2,21,22,23,24). The molecule has 0 amide bonds. The van der Waals surface area contributed by atoms with E-state index < -0.39 is 0 Å². The normalized spacial score (nSPS) is 10.4. The van der Waals surface area contributed by atoms with E-state index in [4.69, 9.17) is 23.2 Å². The highest BCUT2D eigenvalue weighted by Crippen LogP contribution is 2.24. The summed E-state index contributed by atoms with van der Waals surface area (Å²) in [4.78, 5) is 8.67. The Bertz CT molecular complexity index is 823. The number of benzene rings is 2. The van der Waals surface area contributed by atoms with Crippen molar-refractivity contribution in [2.45, 2.75) is 6.42 Å². The zero-order chi connectivity index (χ0) is 16.8. The fourth-order valence-electron chi connectivity index (χ4n) is 2.23. The van der Waals surface area contributed by atoms with Crippen molar-refractivity contribution < 1.29 is 0 Å². The van der Waals surface area contributed by atoms with E-state index in [1.54, 1.807) is 12.3 Å². The largest absolute Gasteiger partial charge is 0.354 e. The predicted molar refractivity (Wildman–Crippen MR) is 100 cm³/mol. The molecule has 0 saturated carbocycles. The third-order valence-electron chi connectivity index (χ3n) is 3.38. The van der Waals surface area contributed by atoms with Crippen molar-refractivity contribution in [3.05, 3.63) is 76.4 Å². The van der Waals surface area contributed by atoms with E-state index in [0.29, 0.717) is 16.8 Å². The first-order chi connectivity index (χ1) is 11.7. The Hall–Kier alpha value is -2.30. The number of nitrogens with one attached hydrogen (secondary N) is 2. The molecule has 0 spiro atoms. The quantitative estimate of drug-likeness (QED) is 0.637. The van der Waals surface area contributed by atoms with Crippen molar-refractivity contribution in [1.29, 1.82) is 0 Å². The second kappa shape index (κ2) is 7.99. The van der Waals surface area contributed by atoms with Gasteiger partial charge in [-0.05, 0) is 42.3 Å². The smallest absolute Gasteiger partial charge is 0.224 e. The molecule has 3 rings (SSSR count). The van der Waals surface area contributed by atoms with Gasteiger partial charge >= 0.3 is 0 Å². The van der Waals surface area contributed by atoms with Crippen molar-refractivity contribution in [2.24, 2.45) is 0 Å². The summed E-state index contributed by atoms with van der Waals surface area (Å²) in [6.45, 7) is 0.718. The van der Waals surface area contributed by atoms with Crippen LogP contribution in [0.2, 0.25) is 10.0 Å². The van der Waals surface area contributed by atoms with Gasteiger partial charge in [-0.15, -0.1) is 0 Å². The van der Waals surface area contributed by atoms with E-state index in [2.05, 4.69) is 20.6 Å². The van der Waals surface area contributed by atoms with Gasteiger partial charge in [-0.3, -0.25) is 0 Å². The van der Waals surface area contributed by atoms with Crippen molar-refractivity contribution >= 4 is 40.7 Å². The van der Waals surface area contributed by atoms with Crippen molar-refractivity contribution in [2.75, 3.05) is 17.2 Å². The summed E-state index contributed by atoms with van der Waals surface area (Å²) in [6.07, 6.45) is 2.54. The highest BCUT2D eigenvalue weighted by atomic mass is 35.5. The number of aromatic nitrogens is 2. The number of rotatable bonds is 6. The third-order valence-corrected chi connectivity index (χ3v) is 3.94. The molecule has 0 radical (unpaired) electrons. The number of hydrogen-bond acceptors (Lipinski definition) is 4. The van der Waals surface area contributed by atoms with E-state index in [9.17, 15) is 0 Å². The average Bonchev–Trinajstić information content (AvgIpc) is 2.58. The minimum atomic E-state index is 0.564. The molecule has 0 saturated heterocycles. The van der Waals surface area contributed by atoms with Gasteiger partial charge in [0, 0.05) is 17.8 Å². The van der Waals surface area contributed by atoms with Crippen molar-refractivity contribution in [1.82, 2.24) is 9.97 Å². The molecule has 1 heterocycles. The van der Waals surface area contributed by atoms with Crippen LogP contribution in [-0.4, -0.2) is 16.5 Å². The molecule has 0 aliphatic heterocycles. The maximum absolute atomic E-state index is 6.15. The van der Waals surface area contributed by atoms with E-state index in [-0.39, 0.29) is 0 Å². The molecule has 0 aliphatic carbocycles. The van der Waals surface area contributed by atoms with Crippen LogP contribution >= 0.6 is 23.2 Å². The Kier molecular flexibility index (Phi) is 5.51. The Balaban J connectivity index is 1.60. The van der Waals surface area contributed by atoms with Crippen LogP contribution in [0, 0.1) is 0 Å². The van der Waals surface area contributed by atoms with Crippen LogP contribution in [0.3, 0.4) is 0 Å². The fraction of sp³-hybridized carbons (Fsp3) is 0.111. The topological polar surface area (TPSA) is 49.8 Å². The van der Waals surface area contributed by atoms with Gasteiger partial charge in [0.2, 0.25) is 5.95 Å². The van der Waals surface area contributed by atoms with Crippen LogP contribution in [0.5, 0.6) is 0 Å². The minimum Gasteiger partial charge on any atom is -0.354 e. The lowest BCUT2D eigenvalue weighted by Crippen LogP contribution is -2.08. The van der Waals surface area contributed by atoms with Crippen molar-refractivity contribution in [3.63, 3.8) is 0 Å². The molecule has 2 aromatic carbocycles. The van der Waals surface area contributed by atoms with Gasteiger partial charge in [0.15, 0.2) is 0 Å². The highest BCUT2D eigenvalue weighted by molar-refractivity contribution is 6.33. The van der Waals surface area contributed by atoms with E-state index >= 15 is 0 Å². The van der Waals surface area contributed by atoms with Crippen LogP contribution in [-0.2, 0) is 6.42 Å². The third kappa shape index (κ3) is 4.60. The fourth-order valence-corrected chi connectivity index (χ4v) is 2.62. The van der Waals surface area contributed by atoms with Crippen molar-refractivity contribution in [3.8, 4) is 0 Å². The van der Waals surface area contributed by atoms with Gasteiger partial charge in [-0.25, -0.2) is 4.98 Å². The molecule has 24 heavy (non-hydrogen) atoms. The summed E-state index contributed by atoms with van der Waals surface area (Å²) in [7, 11) is 0. The maximum atomic E-state index is 6.15. The Morgan fingerprint density at radius 1 is 0.958 bits per heavy atom. The average molecular weight is 359 g/mol. The van der Waals surface area contributed by atoms with Gasteiger partial charge in [-0.1, -0.05) is 47.5 Å². The van der Waals surface area contributed by atoms with Gasteiger partial charge in [0.05, 0.1) is 10.7 Å². The lowest BCUT2D eigenvalue weighted by Gasteiger charge is -2.09. The molecular formula is C18H16Cl2N4. The molecule has 1 aromatic heterocycles. The summed E-state index contributed by atoms with van der Waals surface area (Å²) < 4.78 is 0. The second-order valence-electron chi connectivity index (χ2n) is 5.18. The first-order valence-electron chi connectivity index (χ1n) is 7.53. The summed E-state index contributed by atoms with van der Waals surface area (Å²) in [5.41, 5.74) is 1.98. The Morgan fingerprint density at radius 3 is 2.67 bits per heavy atom. The van der Waals surface area contributed by atoms with Crippen LogP contribution in [0.1, 0.15) is 5.56 Å². The molecule has 0 bridgehead atoms. The number of hydrogen-bond donors (Lipinski definition) is 2. The maximum Gasteiger partial charge on any atom is 0.224 e. The van der Waals surface area contributed by atoms with Gasteiger partial charge in [-0.2, -0.15) is 4.98 Å². The number of anilines is 3. The number of halogens is 2. The highest BCUT2D eigenvalue weighted by Gasteiger charge is 2.03. The molecule has 2 N–H and O–H groups in total. The van der Waals surface area contributed by atoms with Crippen LogP contribution in [0.15, 0.2) is 60.8 Å². The summed E-state index contributed by atoms with van der Waals surface area (Å²) in [5.74, 6) is 1.25. The molecule has 4 nitrogen and oxygen atoms in total. The molecular weight excluding hydrogens is 343 g/mol. The summed E-state index contributed by atoms with van der Waals surface area (Å²) in [6, 6.07) is 17.1. The van der Waals surface area contributed by atoms with Crippen LogP contribution in [0.4, 0.5) is 17.5 Å². The van der Waals surface area contributed by atoms with E-state index in [1.165, 1.54) is 5.56 Å². The Morgan fingerprint density at radius 2 is 1.83 bits per heavy atom. The predicted octanol–water partition coefficient (Wildman–Crippen LogP) is 5.18. The van der Waals surface area contributed by atoms with E-state index in [0.717, 1.165) is 23.7 Å².